The van der Waals surface area contributed by atoms with Gasteiger partial charge in [-0.2, -0.15) is 13.2 Å². The molecule has 25 heavy (non-hydrogen) atoms. The van der Waals surface area contributed by atoms with Gasteiger partial charge in [-0.15, -0.1) is 10.2 Å². The van der Waals surface area contributed by atoms with Crippen LogP contribution >= 0.6 is 11.8 Å². The summed E-state index contributed by atoms with van der Waals surface area (Å²) >= 11 is 1.39. The average Bonchev–Trinajstić information content (AvgIpc) is 3.31. The van der Waals surface area contributed by atoms with Crippen LogP contribution in [0.3, 0.4) is 0 Å². The zero-order valence-electron chi connectivity index (χ0n) is 13.3. The fourth-order valence-corrected chi connectivity index (χ4v) is 3.35. The first-order valence-electron chi connectivity index (χ1n) is 7.85. The minimum Gasteiger partial charge on any atom is -0.370 e. The van der Waals surface area contributed by atoms with E-state index in [0.717, 1.165) is 36.4 Å². The Hall–Kier alpha value is -2.03. The third-order valence-corrected chi connectivity index (χ3v) is 4.96. The number of aromatic nitrogens is 3. The maximum Gasteiger partial charge on any atom is 0.416 e. The van der Waals surface area contributed by atoms with Gasteiger partial charge in [-0.1, -0.05) is 23.9 Å². The molecular formula is C16H17F3N4OS. The van der Waals surface area contributed by atoms with Crippen LogP contribution in [0, 0.1) is 0 Å². The van der Waals surface area contributed by atoms with Gasteiger partial charge < -0.3 is 10.3 Å². The first kappa shape index (κ1) is 17.8. The molecule has 2 aromatic rings. The Morgan fingerprint density at radius 2 is 1.92 bits per heavy atom. The molecule has 0 aliphatic heterocycles. The Morgan fingerprint density at radius 1 is 1.24 bits per heavy atom. The summed E-state index contributed by atoms with van der Waals surface area (Å²) in [5.41, 5.74) is 5.32. The van der Waals surface area contributed by atoms with Crippen molar-refractivity contribution in [3.63, 3.8) is 0 Å². The Balaban J connectivity index is 1.69. The number of nitrogens with two attached hydrogens (primary N) is 1. The summed E-state index contributed by atoms with van der Waals surface area (Å²) in [6.45, 7) is 0.420. The number of alkyl halides is 3. The minimum absolute atomic E-state index is 0.200. The van der Waals surface area contributed by atoms with E-state index in [-0.39, 0.29) is 6.42 Å². The standard InChI is InChI=1S/C16H17F3N4OS/c17-16(18,19)12-5-1-10(2-6-12)9-25-15-22-21-14(11-3-4-11)23(15)8-7-13(20)24/h1-2,5-6,11H,3-4,7-9H2,(H2,20,24). The molecule has 0 saturated heterocycles. The molecular weight excluding hydrogens is 353 g/mol. The van der Waals surface area contributed by atoms with Gasteiger partial charge in [0.2, 0.25) is 5.91 Å². The Morgan fingerprint density at radius 3 is 2.48 bits per heavy atom. The van der Waals surface area contributed by atoms with Crippen LogP contribution in [-0.2, 0) is 23.3 Å². The van der Waals surface area contributed by atoms with Crippen LogP contribution in [0.4, 0.5) is 13.2 Å². The fraction of sp³-hybridized carbons (Fsp3) is 0.438. The number of primary amides is 1. The molecule has 2 N–H and O–H groups in total. The van der Waals surface area contributed by atoms with E-state index in [4.69, 9.17) is 5.73 Å². The van der Waals surface area contributed by atoms with Crippen molar-refractivity contribution in [2.75, 3.05) is 0 Å². The molecule has 0 radical (unpaired) electrons. The van der Waals surface area contributed by atoms with Crippen LogP contribution in [0.2, 0.25) is 0 Å². The molecule has 0 atom stereocenters. The number of hydrogen-bond donors (Lipinski definition) is 1. The Kier molecular flexibility index (Phi) is 5.03. The zero-order chi connectivity index (χ0) is 18.0. The molecule has 1 aliphatic rings. The molecule has 1 aromatic heterocycles. The van der Waals surface area contributed by atoms with Crippen molar-refractivity contribution in [3.8, 4) is 0 Å². The summed E-state index contributed by atoms with van der Waals surface area (Å²) in [4.78, 5) is 11.1. The second-order valence-electron chi connectivity index (χ2n) is 5.97. The van der Waals surface area contributed by atoms with E-state index >= 15 is 0 Å². The molecule has 1 amide bonds. The highest BCUT2D eigenvalue weighted by molar-refractivity contribution is 7.98. The van der Waals surface area contributed by atoms with Crippen molar-refractivity contribution in [1.29, 1.82) is 0 Å². The van der Waals surface area contributed by atoms with E-state index in [9.17, 15) is 18.0 Å². The third-order valence-electron chi connectivity index (χ3n) is 3.92. The third kappa shape index (κ3) is 4.53. The highest BCUT2D eigenvalue weighted by Crippen LogP contribution is 2.40. The number of carbonyl (C=O) groups is 1. The summed E-state index contributed by atoms with van der Waals surface area (Å²) in [5, 5.41) is 9.03. The maximum absolute atomic E-state index is 12.6. The van der Waals surface area contributed by atoms with Crippen molar-refractivity contribution >= 4 is 17.7 Å². The van der Waals surface area contributed by atoms with E-state index < -0.39 is 17.6 Å². The molecule has 134 valence electrons. The van der Waals surface area contributed by atoms with Gasteiger partial charge in [-0.3, -0.25) is 4.79 Å². The van der Waals surface area contributed by atoms with E-state index in [2.05, 4.69) is 10.2 Å². The number of halogens is 3. The Labute approximate surface area is 146 Å². The smallest absolute Gasteiger partial charge is 0.370 e. The normalized spacial score (nSPS) is 14.7. The summed E-state index contributed by atoms with van der Waals surface area (Å²) in [7, 11) is 0. The summed E-state index contributed by atoms with van der Waals surface area (Å²) in [6, 6.07) is 5.07. The zero-order valence-corrected chi connectivity index (χ0v) is 14.1. The van der Waals surface area contributed by atoms with E-state index in [0.29, 0.717) is 23.4 Å². The van der Waals surface area contributed by atoms with Crippen LogP contribution in [0.25, 0.3) is 0 Å². The van der Waals surface area contributed by atoms with E-state index in [1.807, 2.05) is 4.57 Å². The molecule has 0 bridgehead atoms. The molecule has 9 heteroatoms. The van der Waals surface area contributed by atoms with Gasteiger partial charge in [-0.05, 0) is 30.5 Å². The monoisotopic (exact) mass is 370 g/mol. The van der Waals surface area contributed by atoms with Gasteiger partial charge in [0, 0.05) is 24.6 Å². The molecule has 1 aromatic carbocycles. The van der Waals surface area contributed by atoms with Gasteiger partial charge in [-0.25, -0.2) is 0 Å². The lowest BCUT2D eigenvalue weighted by Gasteiger charge is -2.09. The van der Waals surface area contributed by atoms with Crippen molar-refractivity contribution in [2.45, 2.75) is 48.8 Å². The van der Waals surface area contributed by atoms with Gasteiger partial charge in [0.15, 0.2) is 5.16 Å². The molecule has 0 unspecified atom stereocenters. The predicted octanol–water partition coefficient (Wildman–Crippen LogP) is 3.34. The second kappa shape index (κ2) is 7.07. The number of benzene rings is 1. The molecule has 5 nitrogen and oxygen atoms in total. The molecule has 3 rings (SSSR count). The lowest BCUT2D eigenvalue weighted by Crippen LogP contribution is -2.15. The molecule has 1 saturated carbocycles. The van der Waals surface area contributed by atoms with Crippen LogP contribution in [0.1, 0.15) is 42.1 Å². The van der Waals surface area contributed by atoms with Crippen LogP contribution in [-0.4, -0.2) is 20.7 Å². The van der Waals surface area contributed by atoms with Crippen LogP contribution in [0.15, 0.2) is 29.4 Å². The summed E-state index contributed by atoms with van der Waals surface area (Å²) in [5.74, 6) is 1.31. The Bertz CT molecular complexity index is 754. The first-order valence-corrected chi connectivity index (χ1v) is 8.83. The number of hydrogen-bond acceptors (Lipinski definition) is 4. The number of carbonyl (C=O) groups excluding carboxylic acids is 1. The van der Waals surface area contributed by atoms with E-state index in [1.165, 1.54) is 23.9 Å². The fourth-order valence-electron chi connectivity index (χ4n) is 2.42. The number of nitrogens with zero attached hydrogens (tertiary/aromatic N) is 3. The number of amides is 1. The van der Waals surface area contributed by atoms with E-state index in [1.54, 1.807) is 0 Å². The maximum atomic E-state index is 12.6. The highest BCUT2D eigenvalue weighted by Gasteiger charge is 2.31. The molecule has 1 fully saturated rings. The van der Waals surface area contributed by atoms with Gasteiger partial charge in [0.25, 0.3) is 0 Å². The lowest BCUT2D eigenvalue weighted by atomic mass is 10.1. The molecule has 1 aliphatic carbocycles. The van der Waals surface area contributed by atoms with Crippen LogP contribution < -0.4 is 5.73 Å². The quantitative estimate of drug-likeness (QED) is 0.759. The van der Waals surface area contributed by atoms with Gasteiger partial charge in [0.05, 0.1) is 5.56 Å². The summed E-state index contributed by atoms with van der Waals surface area (Å²) in [6.07, 6.45) is -2.03. The van der Waals surface area contributed by atoms with Crippen molar-refractivity contribution in [2.24, 2.45) is 5.73 Å². The predicted molar refractivity (Wildman–Crippen MR) is 86.8 cm³/mol. The van der Waals surface area contributed by atoms with Crippen molar-refractivity contribution < 1.29 is 18.0 Å². The minimum atomic E-state index is -4.33. The van der Waals surface area contributed by atoms with Crippen molar-refractivity contribution in [1.82, 2.24) is 14.8 Å². The molecule has 1 heterocycles. The molecule has 0 spiro atoms. The lowest BCUT2D eigenvalue weighted by molar-refractivity contribution is -0.137. The highest BCUT2D eigenvalue weighted by atomic mass is 32.2. The number of rotatable bonds is 7. The average molecular weight is 370 g/mol. The largest absolute Gasteiger partial charge is 0.416 e. The topological polar surface area (TPSA) is 73.8 Å². The van der Waals surface area contributed by atoms with Crippen LogP contribution in [0.5, 0.6) is 0 Å². The van der Waals surface area contributed by atoms with Gasteiger partial charge in [0.1, 0.15) is 5.82 Å². The van der Waals surface area contributed by atoms with Gasteiger partial charge >= 0.3 is 6.18 Å². The number of thioether (sulfide) groups is 1. The van der Waals surface area contributed by atoms with Crippen molar-refractivity contribution in [3.05, 3.63) is 41.2 Å². The first-order chi connectivity index (χ1) is 11.8. The summed E-state index contributed by atoms with van der Waals surface area (Å²) < 4.78 is 39.7. The SMILES string of the molecule is NC(=O)CCn1c(SCc2ccc(C(F)(F)F)cc2)nnc1C1CC1. The second-order valence-corrected chi connectivity index (χ2v) is 6.91.